The van der Waals surface area contributed by atoms with Gasteiger partial charge in [-0.05, 0) is 26.8 Å². The molecule has 2 rings (SSSR count). The van der Waals surface area contributed by atoms with Gasteiger partial charge in [0.15, 0.2) is 0 Å². The molecule has 1 fully saturated rings. The number of nitrogens with one attached hydrogen (secondary N) is 2. The van der Waals surface area contributed by atoms with Crippen LogP contribution in [0.1, 0.15) is 30.1 Å². The van der Waals surface area contributed by atoms with Gasteiger partial charge in [0.1, 0.15) is 5.01 Å². The lowest BCUT2D eigenvalue weighted by Gasteiger charge is -2.24. The second kappa shape index (κ2) is 6.44. The number of aromatic nitrogens is 1. The van der Waals surface area contributed by atoms with Crippen LogP contribution in [0.3, 0.4) is 0 Å². The molecular formula is C12H21N3OS. The zero-order valence-corrected chi connectivity index (χ0v) is 11.3. The summed E-state index contributed by atoms with van der Waals surface area (Å²) < 4.78 is 5.43. The Labute approximate surface area is 107 Å². The van der Waals surface area contributed by atoms with Gasteiger partial charge < -0.3 is 15.4 Å². The van der Waals surface area contributed by atoms with Crippen LogP contribution in [0.15, 0.2) is 5.38 Å². The molecule has 0 saturated carbocycles. The van der Waals surface area contributed by atoms with Crippen LogP contribution in [-0.4, -0.2) is 37.3 Å². The minimum absolute atomic E-state index is 0.346. The minimum atomic E-state index is 0.346. The Hall–Kier alpha value is -0.490. The maximum Gasteiger partial charge on any atom is 0.110 e. The summed E-state index contributed by atoms with van der Waals surface area (Å²) in [5.74, 6) is 0. The van der Waals surface area contributed by atoms with E-state index in [2.05, 4.69) is 27.9 Å². The molecule has 1 aliphatic heterocycles. The molecule has 2 unspecified atom stereocenters. The van der Waals surface area contributed by atoms with Crippen molar-refractivity contribution in [1.82, 2.24) is 15.6 Å². The molecule has 0 aromatic carbocycles. The highest BCUT2D eigenvalue weighted by molar-refractivity contribution is 7.09. The van der Waals surface area contributed by atoms with E-state index in [9.17, 15) is 0 Å². The Bertz CT molecular complexity index is 336. The topological polar surface area (TPSA) is 46.2 Å². The van der Waals surface area contributed by atoms with Gasteiger partial charge >= 0.3 is 0 Å². The predicted molar refractivity (Wildman–Crippen MR) is 70.5 cm³/mol. The van der Waals surface area contributed by atoms with Gasteiger partial charge in [0, 0.05) is 23.7 Å². The van der Waals surface area contributed by atoms with Gasteiger partial charge in [-0.2, -0.15) is 0 Å². The minimum Gasteiger partial charge on any atom is -0.379 e. The fourth-order valence-corrected chi connectivity index (χ4v) is 2.77. The molecule has 1 aromatic rings. The highest BCUT2D eigenvalue weighted by Gasteiger charge is 2.13. The first-order chi connectivity index (χ1) is 8.25. The standard InChI is InChI=1S/C12H21N3OS/c1-9-8-17-12(15-9)10(2)13-4-3-11-7-16-6-5-14-11/h8,10-11,13-14H,3-7H2,1-2H3. The number of ether oxygens (including phenoxy) is 1. The number of hydrogen-bond acceptors (Lipinski definition) is 5. The number of nitrogens with zero attached hydrogens (tertiary/aromatic N) is 1. The second-order valence-corrected chi connectivity index (χ2v) is 5.41. The van der Waals surface area contributed by atoms with Crippen LogP contribution in [-0.2, 0) is 4.74 Å². The molecular weight excluding hydrogens is 234 g/mol. The Kier molecular flexibility index (Phi) is 4.91. The smallest absolute Gasteiger partial charge is 0.110 e. The van der Waals surface area contributed by atoms with E-state index < -0.39 is 0 Å². The summed E-state index contributed by atoms with van der Waals surface area (Å²) in [6.07, 6.45) is 1.11. The van der Waals surface area contributed by atoms with Gasteiger partial charge in [0.2, 0.25) is 0 Å². The molecule has 4 nitrogen and oxygen atoms in total. The molecule has 17 heavy (non-hydrogen) atoms. The summed E-state index contributed by atoms with van der Waals surface area (Å²) in [5, 5.41) is 10.2. The van der Waals surface area contributed by atoms with Crippen molar-refractivity contribution in [3.63, 3.8) is 0 Å². The Balaban J connectivity index is 1.67. The highest BCUT2D eigenvalue weighted by atomic mass is 32.1. The average Bonchev–Trinajstić information content (AvgIpc) is 2.77. The van der Waals surface area contributed by atoms with E-state index in [1.807, 2.05) is 6.92 Å². The van der Waals surface area contributed by atoms with E-state index in [0.717, 1.165) is 38.4 Å². The molecule has 5 heteroatoms. The number of rotatable bonds is 5. The molecule has 0 radical (unpaired) electrons. The SMILES string of the molecule is Cc1csc(C(C)NCCC2COCCN2)n1. The lowest BCUT2D eigenvalue weighted by atomic mass is 10.2. The van der Waals surface area contributed by atoms with Crippen molar-refractivity contribution in [2.45, 2.75) is 32.4 Å². The number of hydrogen-bond donors (Lipinski definition) is 2. The van der Waals surface area contributed by atoms with E-state index in [4.69, 9.17) is 4.74 Å². The van der Waals surface area contributed by atoms with Crippen molar-refractivity contribution in [2.75, 3.05) is 26.3 Å². The van der Waals surface area contributed by atoms with Gasteiger partial charge in [0.25, 0.3) is 0 Å². The lowest BCUT2D eigenvalue weighted by Crippen LogP contribution is -2.42. The normalized spacial score (nSPS) is 22.6. The number of morpholine rings is 1. The molecule has 1 aromatic heterocycles. The van der Waals surface area contributed by atoms with Crippen molar-refractivity contribution >= 4 is 11.3 Å². The highest BCUT2D eigenvalue weighted by Crippen LogP contribution is 2.17. The van der Waals surface area contributed by atoms with Crippen LogP contribution >= 0.6 is 11.3 Å². The van der Waals surface area contributed by atoms with Crippen LogP contribution in [0.4, 0.5) is 0 Å². The Morgan fingerprint density at radius 2 is 2.59 bits per heavy atom. The first kappa shape index (κ1) is 13.0. The molecule has 0 amide bonds. The van der Waals surface area contributed by atoms with Crippen molar-refractivity contribution in [1.29, 1.82) is 0 Å². The third-order valence-electron chi connectivity index (χ3n) is 2.95. The van der Waals surface area contributed by atoms with E-state index in [0.29, 0.717) is 12.1 Å². The molecule has 2 atom stereocenters. The monoisotopic (exact) mass is 255 g/mol. The molecule has 96 valence electrons. The van der Waals surface area contributed by atoms with E-state index in [-0.39, 0.29) is 0 Å². The average molecular weight is 255 g/mol. The van der Waals surface area contributed by atoms with Crippen molar-refractivity contribution in [2.24, 2.45) is 0 Å². The summed E-state index contributed by atoms with van der Waals surface area (Å²) in [6, 6.07) is 0.847. The van der Waals surface area contributed by atoms with Crippen molar-refractivity contribution in [3.8, 4) is 0 Å². The van der Waals surface area contributed by atoms with Crippen molar-refractivity contribution in [3.05, 3.63) is 16.1 Å². The van der Waals surface area contributed by atoms with E-state index in [1.54, 1.807) is 11.3 Å². The molecule has 0 spiro atoms. The largest absolute Gasteiger partial charge is 0.379 e. The molecule has 2 heterocycles. The van der Waals surface area contributed by atoms with Gasteiger partial charge in [-0.3, -0.25) is 0 Å². The number of aryl methyl sites for hydroxylation is 1. The fraction of sp³-hybridized carbons (Fsp3) is 0.750. The molecule has 1 aliphatic rings. The summed E-state index contributed by atoms with van der Waals surface area (Å²) in [7, 11) is 0. The van der Waals surface area contributed by atoms with Gasteiger partial charge in [0.05, 0.1) is 19.3 Å². The maximum atomic E-state index is 5.43. The molecule has 0 aliphatic carbocycles. The third-order valence-corrected chi connectivity index (χ3v) is 4.09. The Morgan fingerprint density at radius 3 is 3.24 bits per heavy atom. The van der Waals surface area contributed by atoms with E-state index in [1.165, 1.54) is 5.01 Å². The van der Waals surface area contributed by atoms with Crippen LogP contribution < -0.4 is 10.6 Å². The van der Waals surface area contributed by atoms with Crippen LogP contribution in [0.2, 0.25) is 0 Å². The van der Waals surface area contributed by atoms with Gasteiger partial charge in [-0.1, -0.05) is 0 Å². The third kappa shape index (κ3) is 4.03. The first-order valence-corrected chi connectivity index (χ1v) is 7.10. The predicted octanol–water partition coefficient (Wildman–Crippen LogP) is 1.48. The van der Waals surface area contributed by atoms with Crippen molar-refractivity contribution < 1.29 is 4.74 Å². The molecule has 0 bridgehead atoms. The summed E-state index contributed by atoms with van der Waals surface area (Å²) in [6.45, 7) is 7.87. The van der Waals surface area contributed by atoms with Crippen LogP contribution in [0.5, 0.6) is 0 Å². The zero-order valence-electron chi connectivity index (χ0n) is 10.5. The summed E-state index contributed by atoms with van der Waals surface area (Å²) in [5.41, 5.74) is 1.11. The molecule has 1 saturated heterocycles. The van der Waals surface area contributed by atoms with E-state index >= 15 is 0 Å². The molecule has 2 N–H and O–H groups in total. The summed E-state index contributed by atoms with van der Waals surface area (Å²) >= 11 is 1.73. The number of thiazole rings is 1. The van der Waals surface area contributed by atoms with Crippen LogP contribution in [0.25, 0.3) is 0 Å². The van der Waals surface area contributed by atoms with Crippen LogP contribution in [0, 0.1) is 6.92 Å². The quantitative estimate of drug-likeness (QED) is 0.836. The zero-order chi connectivity index (χ0) is 12.1. The van der Waals surface area contributed by atoms with Gasteiger partial charge in [-0.25, -0.2) is 4.98 Å². The lowest BCUT2D eigenvalue weighted by molar-refractivity contribution is 0.0740. The summed E-state index contributed by atoms with van der Waals surface area (Å²) in [4.78, 5) is 4.49. The maximum absolute atomic E-state index is 5.43. The fourth-order valence-electron chi connectivity index (χ4n) is 1.94. The first-order valence-electron chi connectivity index (χ1n) is 6.22. The van der Waals surface area contributed by atoms with Gasteiger partial charge in [-0.15, -0.1) is 11.3 Å². The second-order valence-electron chi connectivity index (χ2n) is 4.52. The Morgan fingerprint density at radius 1 is 1.71 bits per heavy atom.